The Bertz CT molecular complexity index is 966. The van der Waals surface area contributed by atoms with Gasteiger partial charge in [0.25, 0.3) is 5.91 Å². The fourth-order valence-corrected chi connectivity index (χ4v) is 7.95. The Balaban J connectivity index is 1.64. The number of halogens is 2. The van der Waals surface area contributed by atoms with E-state index in [-0.39, 0.29) is 24.0 Å². The average Bonchev–Trinajstić information content (AvgIpc) is 3.31. The summed E-state index contributed by atoms with van der Waals surface area (Å²) in [5.41, 5.74) is 0.674. The molecule has 4 rings (SSSR count). The van der Waals surface area contributed by atoms with Gasteiger partial charge in [0.2, 0.25) is 8.41 Å². The molecular weight excluding hydrogens is 471 g/mol. The van der Waals surface area contributed by atoms with Gasteiger partial charge in [0.1, 0.15) is 0 Å². The lowest BCUT2D eigenvalue weighted by atomic mass is 9.82. The van der Waals surface area contributed by atoms with Crippen molar-refractivity contribution in [2.24, 2.45) is 5.92 Å². The van der Waals surface area contributed by atoms with Gasteiger partial charge < -0.3 is 19.3 Å². The van der Waals surface area contributed by atoms with E-state index in [0.717, 1.165) is 15.7 Å². The number of nitrogens with one attached hydrogen (secondary N) is 1. The zero-order valence-electron chi connectivity index (χ0n) is 17.2. The maximum Gasteiger partial charge on any atom is 0.261 e. The van der Waals surface area contributed by atoms with E-state index >= 15 is 4.11 Å². The second kappa shape index (κ2) is 7.81. The first-order chi connectivity index (χ1) is 14.2. The summed E-state index contributed by atoms with van der Waals surface area (Å²) in [4.78, 5) is 13.1. The minimum absolute atomic E-state index is 0.0122. The summed E-state index contributed by atoms with van der Waals surface area (Å²) in [5, 5.41) is 20.1. The molecule has 4 atom stereocenters. The van der Waals surface area contributed by atoms with Crippen LogP contribution in [0.25, 0.3) is 0 Å². The number of anilines is 1. The highest BCUT2D eigenvalue weighted by molar-refractivity contribution is 9.10. The summed E-state index contributed by atoms with van der Waals surface area (Å²) in [6, 6.07) is 5.62. The Hall–Kier alpha value is -1.62. The maximum absolute atomic E-state index is 15.5. The van der Waals surface area contributed by atoms with Crippen LogP contribution in [0.2, 0.25) is 18.6 Å². The van der Waals surface area contributed by atoms with Crippen LogP contribution in [0.5, 0.6) is 0 Å². The number of aliphatic hydroxyl groups is 1. The Morgan fingerprint density at radius 1 is 1.43 bits per heavy atom. The first-order valence-corrected chi connectivity index (χ1v) is 13.9. The molecule has 30 heavy (non-hydrogen) atoms. The van der Waals surface area contributed by atoms with Gasteiger partial charge in [-0.15, -0.1) is 5.10 Å². The highest BCUT2D eigenvalue weighted by atomic mass is 79.9. The van der Waals surface area contributed by atoms with E-state index < -0.39 is 20.1 Å². The number of fused-ring (bicyclic) bond motifs is 2. The minimum atomic E-state index is -3.15. The number of aromatic nitrogens is 3. The summed E-state index contributed by atoms with van der Waals surface area (Å²) in [5.74, 6) is -0.523. The number of amides is 1. The van der Waals surface area contributed by atoms with Crippen molar-refractivity contribution >= 4 is 35.9 Å². The SMILES string of the molecule is C[C@H]1[C@H]([Si](C)(C)F)[C@@H](CCn2cc(CCO)nn2)O[C@]12C(=O)Nc1ccc(Br)cc12. The van der Waals surface area contributed by atoms with Crippen LogP contribution >= 0.6 is 15.9 Å². The van der Waals surface area contributed by atoms with Gasteiger partial charge >= 0.3 is 0 Å². The zero-order valence-corrected chi connectivity index (χ0v) is 19.8. The molecular formula is C20H26BrFN4O3Si. The molecule has 0 aliphatic carbocycles. The van der Waals surface area contributed by atoms with Crippen LogP contribution in [-0.4, -0.2) is 47.1 Å². The number of hydrogen-bond acceptors (Lipinski definition) is 5. The van der Waals surface area contributed by atoms with Gasteiger partial charge in [-0.2, -0.15) is 0 Å². The predicted octanol–water partition coefficient (Wildman–Crippen LogP) is 3.39. The van der Waals surface area contributed by atoms with Crippen LogP contribution in [0.3, 0.4) is 0 Å². The van der Waals surface area contributed by atoms with Crippen LogP contribution in [0.1, 0.15) is 24.6 Å². The van der Waals surface area contributed by atoms with Crippen molar-refractivity contribution in [3.05, 3.63) is 40.1 Å². The van der Waals surface area contributed by atoms with Gasteiger partial charge in [-0.05, 0) is 37.7 Å². The lowest BCUT2D eigenvalue weighted by Gasteiger charge is -2.30. The number of carbonyl (C=O) groups is 1. The molecule has 1 aromatic heterocycles. The molecule has 0 saturated carbocycles. The summed E-state index contributed by atoms with van der Waals surface area (Å²) >= 11 is 3.48. The highest BCUT2D eigenvalue weighted by Gasteiger charge is 2.65. The molecule has 10 heteroatoms. The Labute approximate surface area is 184 Å². The van der Waals surface area contributed by atoms with E-state index in [2.05, 4.69) is 31.6 Å². The van der Waals surface area contributed by atoms with Crippen molar-refractivity contribution < 1.29 is 18.7 Å². The Morgan fingerprint density at radius 3 is 2.90 bits per heavy atom. The van der Waals surface area contributed by atoms with Crippen LogP contribution < -0.4 is 5.32 Å². The molecule has 0 bridgehead atoms. The fraction of sp³-hybridized carbons (Fsp3) is 0.550. The van der Waals surface area contributed by atoms with Gasteiger partial charge in [0, 0.05) is 53.0 Å². The molecule has 1 amide bonds. The molecule has 7 nitrogen and oxygen atoms in total. The number of ether oxygens (including phenoxy) is 1. The lowest BCUT2D eigenvalue weighted by Crippen LogP contribution is -2.41. The molecule has 0 unspecified atom stereocenters. The van der Waals surface area contributed by atoms with Gasteiger partial charge in [-0.3, -0.25) is 9.48 Å². The second-order valence-electron chi connectivity index (χ2n) is 8.65. The molecule has 3 heterocycles. The third kappa shape index (κ3) is 3.53. The monoisotopic (exact) mass is 496 g/mol. The van der Waals surface area contributed by atoms with Gasteiger partial charge in [-0.25, -0.2) is 0 Å². The van der Waals surface area contributed by atoms with E-state index in [4.69, 9.17) is 9.84 Å². The first kappa shape index (κ1) is 21.6. The second-order valence-corrected chi connectivity index (χ2v) is 13.4. The van der Waals surface area contributed by atoms with Gasteiger partial charge in [0.05, 0.1) is 11.8 Å². The summed E-state index contributed by atoms with van der Waals surface area (Å²) < 4.78 is 24.5. The van der Waals surface area contributed by atoms with Crippen LogP contribution in [-0.2, 0) is 28.1 Å². The Morgan fingerprint density at radius 2 is 2.20 bits per heavy atom. The number of benzene rings is 1. The third-order valence-corrected chi connectivity index (χ3v) is 9.22. The van der Waals surface area contributed by atoms with E-state index in [1.165, 1.54) is 0 Å². The van der Waals surface area contributed by atoms with Gasteiger partial charge in [0.15, 0.2) is 5.60 Å². The predicted molar refractivity (Wildman–Crippen MR) is 116 cm³/mol. The summed E-state index contributed by atoms with van der Waals surface area (Å²) in [6.07, 6.45) is 2.34. The smallest absolute Gasteiger partial charge is 0.261 e. The van der Waals surface area contributed by atoms with Crippen molar-refractivity contribution in [1.82, 2.24) is 15.0 Å². The molecule has 0 radical (unpaired) electrons. The van der Waals surface area contributed by atoms with E-state index in [1.54, 1.807) is 24.0 Å². The van der Waals surface area contributed by atoms with Crippen molar-refractivity contribution in [2.45, 2.75) is 56.7 Å². The van der Waals surface area contributed by atoms with Crippen molar-refractivity contribution in [2.75, 3.05) is 11.9 Å². The summed E-state index contributed by atoms with van der Waals surface area (Å²) in [7, 11) is -3.15. The number of nitrogens with zero attached hydrogens (tertiary/aromatic N) is 3. The molecule has 1 saturated heterocycles. The Kier molecular flexibility index (Phi) is 5.63. The molecule has 1 spiro atoms. The molecule has 2 N–H and O–H groups in total. The van der Waals surface area contributed by atoms with Crippen LogP contribution in [0, 0.1) is 5.92 Å². The molecule has 2 aromatic rings. The number of aryl methyl sites for hydroxylation is 1. The van der Waals surface area contributed by atoms with Crippen molar-refractivity contribution in [3.8, 4) is 0 Å². The van der Waals surface area contributed by atoms with Crippen molar-refractivity contribution in [1.29, 1.82) is 0 Å². The largest absolute Gasteiger partial charge is 0.396 e. The van der Waals surface area contributed by atoms with E-state index in [0.29, 0.717) is 25.1 Å². The highest BCUT2D eigenvalue weighted by Crippen LogP contribution is 2.59. The molecule has 162 valence electrons. The van der Waals surface area contributed by atoms with Crippen LogP contribution in [0.15, 0.2) is 28.9 Å². The van der Waals surface area contributed by atoms with E-state index in [1.807, 2.05) is 25.1 Å². The molecule has 2 aliphatic rings. The number of aliphatic hydroxyl groups excluding tert-OH is 1. The lowest BCUT2D eigenvalue weighted by molar-refractivity contribution is -0.143. The fourth-order valence-electron chi connectivity index (χ4n) is 5.04. The third-order valence-electron chi connectivity index (χ3n) is 6.27. The topological polar surface area (TPSA) is 89.3 Å². The minimum Gasteiger partial charge on any atom is -0.396 e. The first-order valence-electron chi connectivity index (χ1n) is 10.1. The zero-order chi connectivity index (χ0) is 21.7. The van der Waals surface area contributed by atoms with E-state index in [9.17, 15) is 4.79 Å². The number of carbonyl (C=O) groups excluding carboxylic acids is 1. The van der Waals surface area contributed by atoms with Crippen molar-refractivity contribution in [3.63, 3.8) is 0 Å². The molecule has 2 aliphatic heterocycles. The molecule has 1 fully saturated rings. The number of rotatable bonds is 6. The molecule has 1 aromatic carbocycles. The average molecular weight is 497 g/mol. The standard InChI is InChI=1S/C20H26BrFN4O3Si/c1-12-18(30(2,3)22)17(6-8-26-11-14(7-9-27)24-25-26)29-20(12)15-10-13(21)4-5-16(15)23-19(20)28/h4-5,10-12,17-18,27H,6-9H2,1-3H3,(H,23,28)/t12-,17+,18-,20+/m0/s1. The number of hydrogen-bond donors (Lipinski definition) is 2. The summed E-state index contributed by atoms with van der Waals surface area (Å²) in [6.45, 7) is 5.82. The van der Waals surface area contributed by atoms with Crippen LogP contribution in [0.4, 0.5) is 9.80 Å². The normalized spacial score (nSPS) is 28.2. The maximum atomic E-state index is 15.5. The van der Waals surface area contributed by atoms with Gasteiger partial charge in [-0.1, -0.05) is 28.1 Å². The quantitative estimate of drug-likeness (QED) is 0.472.